The number of hydrogen-bond acceptors (Lipinski definition) is 4. The van der Waals surface area contributed by atoms with E-state index in [1.807, 2.05) is 115 Å². The van der Waals surface area contributed by atoms with Crippen LogP contribution in [-0.4, -0.2) is 32.8 Å². The van der Waals surface area contributed by atoms with Crippen molar-refractivity contribution in [1.29, 1.82) is 0 Å². The maximum Gasteiger partial charge on any atom is 0 e. The second-order valence-electron chi connectivity index (χ2n) is 16.1. The van der Waals surface area contributed by atoms with E-state index in [1.165, 1.54) is 16.5 Å². The number of fused-ring (bicyclic) bond motifs is 5. The average Bonchev–Trinajstić information content (AvgIpc) is 3.88. The van der Waals surface area contributed by atoms with Crippen LogP contribution in [0.3, 0.4) is 0 Å². The number of benzene rings is 7. The third kappa shape index (κ3) is 8.16. The van der Waals surface area contributed by atoms with E-state index in [1.54, 1.807) is 29.5 Å². The molecule has 0 aliphatic heterocycles. The Morgan fingerprint density at radius 2 is 1.33 bits per heavy atom. The zero-order chi connectivity index (χ0) is 42.4. The van der Waals surface area contributed by atoms with E-state index in [0.29, 0.717) is 11.2 Å². The summed E-state index contributed by atoms with van der Waals surface area (Å²) < 4.78 is 34.0. The minimum atomic E-state index is -1.72. The van der Waals surface area contributed by atoms with Crippen LogP contribution < -0.4 is 4.40 Å². The molecule has 0 aliphatic carbocycles. The molecule has 309 valence electrons. The van der Waals surface area contributed by atoms with Crippen molar-refractivity contribution < 1.29 is 28.9 Å². The van der Waals surface area contributed by atoms with Gasteiger partial charge in [-0.3, -0.25) is 4.98 Å². The van der Waals surface area contributed by atoms with Gasteiger partial charge < -0.3 is 4.57 Å². The van der Waals surface area contributed by atoms with Gasteiger partial charge in [0.1, 0.15) is 16.5 Å². The molecule has 1 radical (unpaired) electrons. The average molecular weight is 1080 g/mol. The number of imidazole rings is 1. The predicted octanol–water partition coefficient (Wildman–Crippen LogP) is 14.1. The fourth-order valence-corrected chi connectivity index (χ4v) is 11.3. The normalized spacial score (nSPS) is 11.4. The maximum atomic E-state index is 15.7. The minimum Gasteiger partial charge on any atom is 0 e. The Hall–Kier alpha value is -6.16. The molecule has 0 bridgehead atoms. The van der Waals surface area contributed by atoms with Crippen LogP contribution in [-0.2, 0) is 20.1 Å². The molecule has 0 N–H and O–H groups in total. The second-order valence-corrected chi connectivity index (χ2v) is 27.8. The quantitative estimate of drug-likeness (QED) is 0.123. The van der Waals surface area contributed by atoms with Crippen LogP contribution in [0.5, 0.6) is 0 Å². The first-order valence-corrected chi connectivity index (χ1v) is 28.6. The summed E-state index contributed by atoms with van der Waals surface area (Å²) >= 11 is -0.130. The molecule has 0 atom stereocenters. The van der Waals surface area contributed by atoms with Gasteiger partial charge in [-0.05, 0) is 64.2 Å². The van der Waals surface area contributed by atoms with Crippen LogP contribution in [0, 0.1) is 23.8 Å². The molecule has 0 amide bonds. The Balaban J connectivity index is 0.000000251. The first-order valence-electron chi connectivity index (χ1n) is 20.4. The number of rotatable bonds is 6. The number of nitrogens with zero attached hydrogens (tertiary/aromatic N) is 4. The van der Waals surface area contributed by atoms with Gasteiger partial charge in [0.25, 0.3) is 0 Å². The van der Waals surface area contributed by atoms with Crippen LogP contribution in [0.1, 0.15) is 0 Å². The van der Waals surface area contributed by atoms with Crippen molar-refractivity contribution in [2.75, 3.05) is 0 Å². The fraction of sp³-hybridized carbons (Fsp3) is 0.0556. The van der Waals surface area contributed by atoms with Gasteiger partial charge in [0.15, 0.2) is 0 Å². The molecule has 11 aromatic rings. The van der Waals surface area contributed by atoms with Gasteiger partial charge in [-0.25, -0.2) is 13.8 Å². The first kappa shape index (κ1) is 42.2. The summed E-state index contributed by atoms with van der Waals surface area (Å²) in [5, 5.41) is 3.42. The number of para-hydroxylation sites is 2. The molecule has 63 heavy (non-hydrogen) atoms. The van der Waals surface area contributed by atoms with E-state index in [0.717, 1.165) is 81.6 Å². The number of aromatic nitrogens is 4. The number of hydrogen-bond donors (Lipinski definition) is 0. The van der Waals surface area contributed by atoms with E-state index >= 15 is 4.39 Å². The van der Waals surface area contributed by atoms with Crippen LogP contribution in [0.25, 0.3) is 92.8 Å². The van der Waals surface area contributed by atoms with Crippen molar-refractivity contribution in [3.05, 3.63) is 200 Å². The zero-order valence-electron chi connectivity index (χ0n) is 34.5. The SMILES string of the molecule is Fc1ccc(-c2ccc3c(n2)sc2c(-c4nc5ccccc5n4-c4c(-c5ccccc5)cc(F)c5ccccc45)[c-]ccc23)cc1.[CH3][Ge]([CH3])([CH3])[c]1ccc(-c2[c-]cccc2)nc1.[Ir]. The molecule has 0 fully saturated rings. The minimum absolute atomic E-state index is 0. The van der Waals surface area contributed by atoms with Crippen molar-refractivity contribution in [1.82, 2.24) is 19.5 Å². The third-order valence-electron chi connectivity index (χ3n) is 11.1. The summed E-state index contributed by atoms with van der Waals surface area (Å²) in [5.41, 5.74) is 8.83. The van der Waals surface area contributed by atoms with E-state index in [4.69, 9.17) is 9.97 Å². The van der Waals surface area contributed by atoms with Gasteiger partial charge >= 0.3 is 99.8 Å². The van der Waals surface area contributed by atoms with Gasteiger partial charge in [0.05, 0.1) is 28.2 Å². The van der Waals surface area contributed by atoms with Crippen molar-refractivity contribution in [3.8, 4) is 50.7 Å². The third-order valence-corrected chi connectivity index (χ3v) is 16.5. The van der Waals surface area contributed by atoms with Crippen molar-refractivity contribution in [3.63, 3.8) is 0 Å². The monoisotopic (exact) mass is 1080 g/mol. The number of halogens is 2. The standard InChI is InChI=1S/C40H22F2N3S.C14H16GeN.Ir/c41-26-19-17-25(18-20-26)34-22-21-30-29-13-8-14-31(38(29)46-40(30)44-34)39-43-35-15-6-7-16-36(35)45(39)37-28-12-5-4-11-27(28)33(42)23-32(37)24-9-2-1-3-10-24;1-15(2,3)13-9-10-14(16-11-13)12-7-5-4-6-8-12;/h1-13,15-23H;4-7,9-11H,1-3H3;/q2*-1;. The number of pyridine rings is 2. The Labute approximate surface area is 384 Å². The summed E-state index contributed by atoms with van der Waals surface area (Å²) in [4.78, 5) is 15.6. The molecule has 0 spiro atoms. The topological polar surface area (TPSA) is 43.6 Å². The second kappa shape index (κ2) is 17.5. The summed E-state index contributed by atoms with van der Waals surface area (Å²) in [6.45, 7) is 0. The van der Waals surface area contributed by atoms with Gasteiger partial charge in [-0.2, -0.15) is 11.3 Å². The Morgan fingerprint density at radius 3 is 2.08 bits per heavy atom. The van der Waals surface area contributed by atoms with Gasteiger partial charge in [-0.15, -0.1) is 18.2 Å². The summed E-state index contributed by atoms with van der Waals surface area (Å²) in [6.07, 6.45) is 2.04. The smallest absolute Gasteiger partial charge is 0 e. The molecular weight excluding hydrogens is 1040 g/mol. The Kier molecular flexibility index (Phi) is 11.7. The van der Waals surface area contributed by atoms with Crippen molar-refractivity contribution in [2.45, 2.75) is 17.3 Å². The van der Waals surface area contributed by atoms with Crippen LogP contribution in [0.4, 0.5) is 8.78 Å². The van der Waals surface area contributed by atoms with Crippen LogP contribution >= 0.6 is 11.3 Å². The molecule has 11 rings (SSSR count). The number of thiophene rings is 1. The Bertz CT molecular complexity index is 3400. The zero-order valence-corrected chi connectivity index (χ0v) is 39.8. The molecule has 0 saturated heterocycles. The molecule has 0 unspecified atom stereocenters. The fourth-order valence-electron chi connectivity index (χ4n) is 7.93. The molecule has 4 aromatic heterocycles. The van der Waals surface area contributed by atoms with E-state index < -0.39 is 13.3 Å². The van der Waals surface area contributed by atoms with Gasteiger partial charge in [0.2, 0.25) is 0 Å². The molecule has 4 heterocycles. The van der Waals surface area contributed by atoms with Crippen LogP contribution in [0.15, 0.2) is 176 Å². The van der Waals surface area contributed by atoms with Crippen molar-refractivity contribution in [2.24, 2.45) is 0 Å². The summed E-state index contributed by atoms with van der Waals surface area (Å²) in [5.74, 6) is 7.30. The first-order chi connectivity index (χ1) is 30.2. The van der Waals surface area contributed by atoms with E-state index in [2.05, 4.69) is 69.3 Å². The molecule has 4 nitrogen and oxygen atoms in total. The molecule has 7 aromatic carbocycles. The molecule has 0 aliphatic rings. The largest absolute Gasteiger partial charge is 0 e. The van der Waals surface area contributed by atoms with Crippen molar-refractivity contribution >= 4 is 71.1 Å². The van der Waals surface area contributed by atoms with E-state index in [-0.39, 0.29) is 31.7 Å². The summed E-state index contributed by atoms with van der Waals surface area (Å²) in [6, 6.07) is 60.7. The van der Waals surface area contributed by atoms with E-state index in [9.17, 15) is 4.39 Å². The Morgan fingerprint density at radius 1 is 0.603 bits per heavy atom. The van der Waals surface area contributed by atoms with Gasteiger partial charge in [0, 0.05) is 42.0 Å². The maximum absolute atomic E-state index is 15.7. The van der Waals surface area contributed by atoms with Gasteiger partial charge in [-0.1, -0.05) is 83.7 Å². The van der Waals surface area contributed by atoms with Crippen LogP contribution in [0.2, 0.25) is 17.3 Å². The molecule has 0 saturated carbocycles. The molecular formula is C54H38F2GeIrN4S-2. The molecule has 9 heteroatoms. The predicted molar refractivity (Wildman–Crippen MR) is 256 cm³/mol. The summed E-state index contributed by atoms with van der Waals surface area (Å²) in [7, 11) is 0.